The molecule has 2 aromatic rings. The highest BCUT2D eigenvalue weighted by Crippen LogP contribution is 2.26. The van der Waals surface area contributed by atoms with Crippen LogP contribution >= 0.6 is 15.9 Å². The Balaban J connectivity index is 2.18. The molecule has 0 saturated carbocycles. The lowest BCUT2D eigenvalue weighted by atomic mass is 10.1. The third-order valence-electron chi connectivity index (χ3n) is 2.61. The molecular weight excluding hydrogens is 296 g/mol. The van der Waals surface area contributed by atoms with Gasteiger partial charge in [-0.05, 0) is 29.8 Å². The third kappa shape index (κ3) is 3.05. The maximum absolute atomic E-state index is 10.1. The van der Waals surface area contributed by atoms with E-state index in [0.717, 1.165) is 15.8 Å². The van der Waals surface area contributed by atoms with E-state index in [0.29, 0.717) is 12.1 Å². The average molecular weight is 309 g/mol. The minimum atomic E-state index is -0.656. The summed E-state index contributed by atoms with van der Waals surface area (Å²) >= 11 is 3.46. The van der Waals surface area contributed by atoms with Gasteiger partial charge in [-0.2, -0.15) is 0 Å². The predicted octanol–water partition coefficient (Wildman–Crippen LogP) is 2.52. The molecule has 0 fully saturated rings. The van der Waals surface area contributed by atoms with E-state index in [2.05, 4.69) is 25.9 Å². The number of aliphatic hydroxyl groups excluding tert-OH is 1. The third-order valence-corrected chi connectivity index (χ3v) is 3.39. The molecule has 0 aliphatic carbocycles. The summed E-state index contributed by atoms with van der Waals surface area (Å²) in [6.07, 6.45) is 2.86. The first kappa shape index (κ1) is 13.0. The summed E-state index contributed by atoms with van der Waals surface area (Å²) in [5.41, 5.74) is 1.58. The molecule has 2 rings (SSSR count). The second-order valence-electron chi connectivity index (χ2n) is 3.81. The number of rotatable bonds is 4. The monoisotopic (exact) mass is 308 g/mol. The van der Waals surface area contributed by atoms with Crippen molar-refractivity contribution in [3.05, 3.63) is 52.5 Å². The number of aromatic nitrogens is 2. The van der Waals surface area contributed by atoms with E-state index in [1.54, 1.807) is 19.4 Å². The van der Waals surface area contributed by atoms with Gasteiger partial charge in [-0.25, -0.2) is 9.97 Å². The number of halogens is 1. The van der Waals surface area contributed by atoms with Gasteiger partial charge in [0, 0.05) is 17.1 Å². The fraction of sp³-hybridized carbons (Fsp3) is 0.231. The van der Waals surface area contributed by atoms with Crippen LogP contribution in [-0.4, -0.2) is 22.2 Å². The minimum absolute atomic E-state index is 0.467. The SMILES string of the molecule is COc1ccc(Br)c(CC(O)c2ccncn2)c1. The van der Waals surface area contributed by atoms with Gasteiger partial charge in [-0.3, -0.25) is 0 Å². The zero-order valence-corrected chi connectivity index (χ0v) is 11.5. The smallest absolute Gasteiger partial charge is 0.119 e. The van der Waals surface area contributed by atoms with Crippen LogP contribution in [0.15, 0.2) is 41.3 Å². The van der Waals surface area contributed by atoms with Crippen molar-refractivity contribution in [1.29, 1.82) is 0 Å². The molecule has 18 heavy (non-hydrogen) atoms. The Morgan fingerprint density at radius 3 is 2.89 bits per heavy atom. The Hall–Kier alpha value is -1.46. The van der Waals surface area contributed by atoms with Crippen LogP contribution in [0.1, 0.15) is 17.4 Å². The van der Waals surface area contributed by atoms with E-state index in [1.165, 1.54) is 6.33 Å². The molecule has 1 aromatic heterocycles. The molecule has 5 heteroatoms. The summed E-state index contributed by atoms with van der Waals surface area (Å²) in [6, 6.07) is 7.37. The summed E-state index contributed by atoms with van der Waals surface area (Å²) in [5, 5.41) is 10.1. The quantitative estimate of drug-likeness (QED) is 0.943. The highest BCUT2D eigenvalue weighted by atomic mass is 79.9. The molecule has 0 aliphatic heterocycles. The van der Waals surface area contributed by atoms with Crippen LogP contribution in [0.2, 0.25) is 0 Å². The van der Waals surface area contributed by atoms with Crippen LogP contribution < -0.4 is 4.74 Å². The van der Waals surface area contributed by atoms with Gasteiger partial charge < -0.3 is 9.84 Å². The first-order chi connectivity index (χ1) is 8.70. The second-order valence-corrected chi connectivity index (χ2v) is 4.67. The average Bonchev–Trinajstić information content (AvgIpc) is 2.42. The van der Waals surface area contributed by atoms with Crippen LogP contribution in [0.5, 0.6) is 5.75 Å². The van der Waals surface area contributed by atoms with Gasteiger partial charge in [0.1, 0.15) is 18.2 Å². The lowest BCUT2D eigenvalue weighted by molar-refractivity contribution is 0.173. The number of benzene rings is 1. The highest BCUT2D eigenvalue weighted by Gasteiger charge is 2.12. The van der Waals surface area contributed by atoms with Gasteiger partial charge in [-0.1, -0.05) is 15.9 Å². The zero-order valence-electron chi connectivity index (χ0n) is 9.88. The van der Waals surface area contributed by atoms with Crippen molar-refractivity contribution >= 4 is 15.9 Å². The lowest BCUT2D eigenvalue weighted by Gasteiger charge is -2.12. The lowest BCUT2D eigenvalue weighted by Crippen LogP contribution is -2.05. The molecule has 1 heterocycles. The van der Waals surface area contributed by atoms with Crippen LogP contribution in [0.4, 0.5) is 0 Å². The van der Waals surface area contributed by atoms with Gasteiger partial charge in [0.2, 0.25) is 0 Å². The number of methoxy groups -OCH3 is 1. The van der Waals surface area contributed by atoms with Gasteiger partial charge in [0.05, 0.1) is 12.8 Å². The molecule has 1 aromatic carbocycles. The summed E-state index contributed by atoms with van der Waals surface area (Å²) in [7, 11) is 1.62. The highest BCUT2D eigenvalue weighted by molar-refractivity contribution is 9.10. The van der Waals surface area contributed by atoms with Crippen LogP contribution in [0.25, 0.3) is 0 Å². The summed E-state index contributed by atoms with van der Waals surface area (Å²) in [4.78, 5) is 7.87. The Kier molecular flexibility index (Phi) is 4.28. The van der Waals surface area contributed by atoms with Crippen molar-refractivity contribution in [3.8, 4) is 5.75 Å². The van der Waals surface area contributed by atoms with Crippen LogP contribution in [-0.2, 0) is 6.42 Å². The molecule has 4 nitrogen and oxygen atoms in total. The van der Waals surface area contributed by atoms with Gasteiger partial charge >= 0.3 is 0 Å². The summed E-state index contributed by atoms with van der Waals surface area (Å²) in [5.74, 6) is 0.767. The van der Waals surface area contributed by atoms with Gasteiger partial charge in [0.15, 0.2) is 0 Å². The van der Waals surface area contributed by atoms with E-state index in [-0.39, 0.29) is 0 Å². The van der Waals surface area contributed by atoms with E-state index in [9.17, 15) is 5.11 Å². The molecule has 94 valence electrons. The first-order valence-electron chi connectivity index (χ1n) is 5.47. The van der Waals surface area contributed by atoms with E-state index >= 15 is 0 Å². The molecule has 0 radical (unpaired) electrons. The maximum Gasteiger partial charge on any atom is 0.119 e. The normalized spacial score (nSPS) is 12.2. The zero-order chi connectivity index (χ0) is 13.0. The van der Waals surface area contributed by atoms with Crippen molar-refractivity contribution in [3.63, 3.8) is 0 Å². The minimum Gasteiger partial charge on any atom is -0.497 e. The Bertz CT molecular complexity index is 520. The molecule has 1 atom stereocenters. The molecule has 1 unspecified atom stereocenters. The van der Waals surface area contributed by atoms with Crippen molar-refractivity contribution in [2.45, 2.75) is 12.5 Å². The Labute approximate surface area is 114 Å². The van der Waals surface area contributed by atoms with Crippen molar-refractivity contribution < 1.29 is 9.84 Å². The van der Waals surface area contributed by atoms with Crippen molar-refractivity contribution in [2.75, 3.05) is 7.11 Å². The number of aliphatic hydroxyl groups is 1. The van der Waals surface area contributed by atoms with E-state index < -0.39 is 6.10 Å². The molecule has 0 amide bonds. The van der Waals surface area contributed by atoms with Crippen LogP contribution in [0.3, 0.4) is 0 Å². The largest absolute Gasteiger partial charge is 0.497 e. The molecule has 1 N–H and O–H groups in total. The van der Waals surface area contributed by atoms with Crippen LogP contribution in [0, 0.1) is 0 Å². The Morgan fingerprint density at radius 2 is 2.22 bits per heavy atom. The fourth-order valence-corrected chi connectivity index (χ4v) is 2.05. The molecule has 0 spiro atoms. The van der Waals surface area contributed by atoms with E-state index in [1.807, 2.05) is 18.2 Å². The molecule has 0 bridgehead atoms. The number of nitrogens with zero attached hydrogens (tertiary/aromatic N) is 2. The van der Waals surface area contributed by atoms with Gasteiger partial charge in [0.25, 0.3) is 0 Å². The molecule has 0 aliphatic rings. The van der Waals surface area contributed by atoms with E-state index in [4.69, 9.17) is 4.74 Å². The summed E-state index contributed by atoms with van der Waals surface area (Å²) in [6.45, 7) is 0. The fourth-order valence-electron chi connectivity index (χ4n) is 1.65. The molecular formula is C13H13BrN2O2. The number of ether oxygens (including phenoxy) is 1. The van der Waals surface area contributed by atoms with Gasteiger partial charge in [-0.15, -0.1) is 0 Å². The second kappa shape index (κ2) is 5.93. The number of hydrogen-bond acceptors (Lipinski definition) is 4. The number of hydrogen-bond donors (Lipinski definition) is 1. The Morgan fingerprint density at radius 1 is 1.39 bits per heavy atom. The predicted molar refractivity (Wildman–Crippen MR) is 71.4 cm³/mol. The summed E-state index contributed by atoms with van der Waals surface area (Å²) < 4.78 is 6.11. The molecule has 0 saturated heterocycles. The standard InChI is InChI=1S/C13H13BrN2O2/c1-18-10-2-3-11(14)9(6-10)7-13(17)12-4-5-15-8-16-12/h2-6,8,13,17H,7H2,1H3. The van der Waals surface area contributed by atoms with Crippen molar-refractivity contribution in [2.24, 2.45) is 0 Å². The van der Waals surface area contributed by atoms with Crippen molar-refractivity contribution in [1.82, 2.24) is 9.97 Å². The maximum atomic E-state index is 10.1. The first-order valence-corrected chi connectivity index (χ1v) is 6.26. The topological polar surface area (TPSA) is 55.2 Å².